The van der Waals surface area contributed by atoms with Gasteiger partial charge in [-0.15, -0.1) is 0 Å². The number of ether oxygens (including phenoxy) is 1. The van der Waals surface area contributed by atoms with Crippen LogP contribution in [0, 0.1) is 0 Å². The number of unbranched alkanes of at least 4 members (excludes halogenated alkanes) is 3. The number of nitrogens with one attached hydrogen (secondary N) is 2. The van der Waals surface area contributed by atoms with Gasteiger partial charge in [0.15, 0.2) is 0 Å². The van der Waals surface area contributed by atoms with E-state index in [0.717, 1.165) is 42.3 Å². The number of rotatable bonds is 11. The zero-order chi connectivity index (χ0) is 21.1. The third-order valence-corrected chi connectivity index (χ3v) is 4.98. The Morgan fingerprint density at radius 1 is 0.931 bits per heavy atom. The van der Waals surface area contributed by atoms with Crippen LogP contribution < -0.4 is 15.4 Å². The average Bonchev–Trinajstić information content (AvgIpc) is 2.69. The first-order valence-electron chi connectivity index (χ1n) is 10.2. The SMILES string of the molecule is CCCCCC(=O)Nc1cccc(NC(=O)c2ccc(OCCCC)c(Br)c2)c1. The molecular weight excluding hydrogens is 432 g/mol. The minimum Gasteiger partial charge on any atom is -0.492 e. The molecule has 0 saturated carbocycles. The Labute approximate surface area is 181 Å². The van der Waals surface area contributed by atoms with E-state index in [0.29, 0.717) is 30.0 Å². The lowest BCUT2D eigenvalue weighted by Gasteiger charge is -2.11. The largest absolute Gasteiger partial charge is 0.492 e. The van der Waals surface area contributed by atoms with Crippen LogP contribution in [-0.4, -0.2) is 18.4 Å². The van der Waals surface area contributed by atoms with Gasteiger partial charge in [0.05, 0.1) is 11.1 Å². The van der Waals surface area contributed by atoms with Crippen LogP contribution in [-0.2, 0) is 4.79 Å². The minimum atomic E-state index is -0.225. The molecule has 0 aliphatic rings. The molecule has 6 heteroatoms. The molecule has 0 fully saturated rings. The predicted molar refractivity (Wildman–Crippen MR) is 122 cm³/mol. The van der Waals surface area contributed by atoms with E-state index in [1.165, 1.54) is 0 Å². The highest BCUT2D eigenvalue weighted by Gasteiger charge is 2.10. The van der Waals surface area contributed by atoms with Crippen molar-refractivity contribution >= 4 is 39.1 Å². The molecule has 156 valence electrons. The normalized spacial score (nSPS) is 10.4. The summed E-state index contributed by atoms with van der Waals surface area (Å²) in [6, 6.07) is 12.4. The van der Waals surface area contributed by atoms with Crippen molar-refractivity contribution in [3.63, 3.8) is 0 Å². The lowest BCUT2D eigenvalue weighted by molar-refractivity contribution is -0.116. The van der Waals surface area contributed by atoms with Gasteiger partial charge >= 0.3 is 0 Å². The Kier molecular flexibility index (Phi) is 9.71. The van der Waals surface area contributed by atoms with Crippen molar-refractivity contribution in [3.05, 3.63) is 52.5 Å². The summed E-state index contributed by atoms with van der Waals surface area (Å²) in [5.41, 5.74) is 1.82. The number of halogens is 1. The van der Waals surface area contributed by atoms with Crippen LogP contribution in [0.3, 0.4) is 0 Å². The van der Waals surface area contributed by atoms with Gasteiger partial charge in [-0.1, -0.05) is 39.2 Å². The molecule has 2 amide bonds. The molecule has 0 atom stereocenters. The lowest BCUT2D eigenvalue weighted by atomic mass is 10.2. The molecule has 0 aliphatic carbocycles. The van der Waals surface area contributed by atoms with E-state index in [1.807, 2.05) is 6.07 Å². The summed E-state index contributed by atoms with van der Waals surface area (Å²) in [6.07, 6.45) is 5.56. The third kappa shape index (κ3) is 7.89. The molecule has 0 unspecified atom stereocenters. The van der Waals surface area contributed by atoms with Gasteiger partial charge in [-0.25, -0.2) is 0 Å². The molecule has 0 spiro atoms. The van der Waals surface area contributed by atoms with Crippen molar-refractivity contribution in [3.8, 4) is 5.75 Å². The van der Waals surface area contributed by atoms with Crippen molar-refractivity contribution in [2.24, 2.45) is 0 Å². The van der Waals surface area contributed by atoms with E-state index in [9.17, 15) is 9.59 Å². The van der Waals surface area contributed by atoms with Gasteiger partial charge in [-0.2, -0.15) is 0 Å². The van der Waals surface area contributed by atoms with Gasteiger partial charge in [-0.3, -0.25) is 9.59 Å². The summed E-state index contributed by atoms with van der Waals surface area (Å²) in [7, 11) is 0. The Balaban J connectivity index is 1.96. The zero-order valence-corrected chi connectivity index (χ0v) is 18.7. The fraction of sp³-hybridized carbons (Fsp3) is 0.391. The monoisotopic (exact) mass is 460 g/mol. The maximum Gasteiger partial charge on any atom is 0.255 e. The quantitative estimate of drug-likeness (QED) is 0.381. The van der Waals surface area contributed by atoms with Gasteiger partial charge in [-0.05, 0) is 65.2 Å². The molecule has 29 heavy (non-hydrogen) atoms. The Hall–Kier alpha value is -2.34. The van der Waals surface area contributed by atoms with Gasteiger partial charge in [0, 0.05) is 23.4 Å². The van der Waals surface area contributed by atoms with Crippen LogP contribution >= 0.6 is 15.9 Å². The number of anilines is 2. The van der Waals surface area contributed by atoms with Crippen molar-refractivity contribution in [1.82, 2.24) is 0 Å². The number of hydrogen-bond acceptors (Lipinski definition) is 3. The number of hydrogen-bond donors (Lipinski definition) is 2. The fourth-order valence-electron chi connectivity index (χ4n) is 2.72. The van der Waals surface area contributed by atoms with Gasteiger partial charge in [0.2, 0.25) is 5.91 Å². The summed E-state index contributed by atoms with van der Waals surface area (Å²) < 4.78 is 6.44. The number of carbonyl (C=O) groups is 2. The second-order valence-corrected chi connectivity index (χ2v) is 7.74. The summed E-state index contributed by atoms with van der Waals surface area (Å²) in [6.45, 7) is 4.87. The Morgan fingerprint density at radius 2 is 1.66 bits per heavy atom. The van der Waals surface area contributed by atoms with Gasteiger partial charge in [0.25, 0.3) is 5.91 Å². The highest BCUT2D eigenvalue weighted by Crippen LogP contribution is 2.27. The van der Waals surface area contributed by atoms with E-state index in [-0.39, 0.29) is 11.8 Å². The molecule has 0 aliphatic heterocycles. The highest BCUT2D eigenvalue weighted by molar-refractivity contribution is 9.10. The smallest absolute Gasteiger partial charge is 0.255 e. The second-order valence-electron chi connectivity index (χ2n) is 6.89. The van der Waals surface area contributed by atoms with Crippen molar-refractivity contribution in [1.29, 1.82) is 0 Å². The van der Waals surface area contributed by atoms with E-state index < -0.39 is 0 Å². The molecule has 0 heterocycles. The minimum absolute atomic E-state index is 0.00970. The molecule has 2 aromatic rings. The molecule has 0 aromatic heterocycles. The number of amides is 2. The summed E-state index contributed by atoms with van der Waals surface area (Å²) in [4.78, 5) is 24.6. The topological polar surface area (TPSA) is 67.4 Å². The second kappa shape index (κ2) is 12.3. The van der Waals surface area contributed by atoms with Gasteiger partial charge in [0.1, 0.15) is 5.75 Å². The third-order valence-electron chi connectivity index (χ3n) is 4.36. The molecule has 5 nitrogen and oxygen atoms in total. The first kappa shape index (κ1) is 22.9. The fourth-order valence-corrected chi connectivity index (χ4v) is 3.22. The van der Waals surface area contributed by atoms with Crippen LogP contribution in [0.1, 0.15) is 62.7 Å². The molecule has 0 bridgehead atoms. The average molecular weight is 461 g/mol. The Bertz CT molecular complexity index is 824. The van der Waals surface area contributed by atoms with E-state index >= 15 is 0 Å². The standard InChI is InChI=1S/C23H29BrN2O3/c1-3-5-7-11-22(27)25-18-9-8-10-19(16-18)26-23(28)17-12-13-21(20(24)15-17)29-14-6-4-2/h8-10,12-13,15-16H,3-7,11,14H2,1-2H3,(H,25,27)(H,26,28). The van der Waals surface area contributed by atoms with Crippen LogP contribution in [0.2, 0.25) is 0 Å². The van der Waals surface area contributed by atoms with Crippen molar-refractivity contribution in [2.45, 2.75) is 52.4 Å². The first-order chi connectivity index (χ1) is 14.0. The summed E-state index contributed by atoms with van der Waals surface area (Å²) in [5, 5.41) is 5.75. The first-order valence-corrected chi connectivity index (χ1v) is 11.0. The van der Waals surface area contributed by atoms with Crippen molar-refractivity contribution < 1.29 is 14.3 Å². The molecule has 0 saturated heterocycles. The summed E-state index contributed by atoms with van der Waals surface area (Å²) >= 11 is 3.46. The van der Waals surface area contributed by atoms with Crippen LogP contribution in [0.5, 0.6) is 5.75 Å². The molecule has 2 rings (SSSR count). The number of benzene rings is 2. The maximum absolute atomic E-state index is 12.6. The van der Waals surface area contributed by atoms with E-state index in [4.69, 9.17) is 4.74 Å². The molecule has 0 radical (unpaired) electrons. The molecule has 2 aromatic carbocycles. The highest BCUT2D eigenvalue weighted by atomic mass is 79.9. The van der Waals surface area contributed by atoms with E-state index in [2.05, 4.69) is 40.4 Å². The van der Waals surface area contributed by atoms with Crippen LogP contribution in [0.15, 0.2) is 46.9 Å². The van der Waals surface area contributed by atoms with Crippen LogP contribution in [0.25, 0.3) is 0 Å². The molecular formula is C23H29BrN2O3. The Morgan fingerprint density at radius 3 is 2.34 bits per heavy atom. The lowest BCUT2D eigenvalue weighted by Crippen LogP contribution is -2.14. The summed E-state index contributed by atoms with van der Waals surface area (Å²) in [5.74, 6) is 0.490. The number of carbonyl (C=O) groups excluding carboxylic acids is 2. The maximum atomic E-state index is 12.6. The van der Waals surface area contributed by atoms with Crippen LogP contribution in [0.4, 0.5) is 11.4 Å². The predicted octanol–water partition coefficient (Wildman–Crippen LogP) is 6.40. The van der Waals surface area contributed by atoms with Gasteiger partial charge < -0.3 is 15.4 Å². The van der Waals surface area contributed by atoms with Crippen molar-refractivity contribution in [2.75, 3.05) is 17.2 Å². The zero-order valence-electron chi connectivity index (χ0n) is 17.1. The molecule has 2 N–H and O–H groups in total. The van der Waals surface area contributed by atoms with E-state index in [1.54, 1.807) is 36.4 Å².